The van der Waals surface area contributed by atoms with Crippen molar-refractivity contribution >= 4 is 11.7 Å². The highest BCUT2D eigenvalue weighted by molar-refractivity contribution is 5.87. The first-order valence-electron chi connectivity index (χ1n) is 12.7. The van der Waals surface area contributed by atoms with Crippen molar-refractivity contribution in [2.45, 2.75) is 26.2 Å². The van der Waals surface area contributed by atoms with Gasteiger partial charge in [0.25, 0.3) is 0 Å². The Bertz CT molecular complexity index is 1330. The summed E-state index contributed by atoms with van der Waals surface area (Å²) < 4.78 is 13.8. The molecule has 0 N–H and O–H groups in total. The van der Waals surface area contributed by atoms with Gasteiger partial charge in [0, 0.05) is 43.9 Å². The number of nitrogens with zero attached hydrogens (tertiary/aromatic N) is 4. The van der Waals surface area contributed by atoms with Gasteiger partial charge in [-0.1, -0.05) is 72.8 Å². The van der Waals surface area contributed by atoms with Crippen LogP contribution in [0, 0.1) is 19.7 Å². The molecule has 0 atom stereocenters. The Balaban J connectivity index is 1.37. The SMILES string of the molecule is Cc1nc(C)c(Cc2cccc(F)c2)c(N2CCN(C(=O)C(c3ccccc3)c3ccccc3)CC2)n1. The summed E-state index contributed by atoms with van der Waals surface area (Å²) in [5, 5.41) is 0. The van der Waals surface area contributed by atoms with E-state index in [9.17, 15) is 9.18 Å². The van der Waals surface area contributed by atoms with Gasteiger partial charge < -0.3 is 9.80 Å². The quantitative estimate of drug-likeness (QED) is 0.365. The molecule has 37 heavy (non-hydrogen) atoms. The second-order valence-electron chi connectivity index (χ2n) is 9.53. The van der Waals surface area contributed by atoms with Crippen molar-refractivity contribution in [2.24, 2.45) is 0 Å². The first kappa shape index (κ1) is 24.6. The standard InChI is InChI=1S/C31H31FN4O/c1-22-28(21-24-10-9-15-27(32)20-24)30(34-23(2)33-22)35-16-18-36(19-17-35)31(37)29(25-11-5-3-6-12-25)26-13-7-4-8-14-26/h3-15,20,29H,16-19,21H2,1-2H3. The van der Waals surface area contributed by atoms with Crippen LogP contribution in [0.1, 0.15) is 39.7 Å². The number of anilines is 1. The molecule has 0 radical (unpaired) electrons. The molecule has 3 aromatic carbocycles. The molecule has 188 valence electrons. The van der Waals surface area contributed by atoms with E-state index in [1.165, 1.54) is 6.07 Å². The minimum absolute atomic E-state index is 0.118. The number of hydrogen-bond acceptors (Lipinski definition) is 4. The molecule has 0 spiro atoms. The second kappa shape index (κ2) is 10.9. The molecule has 1 amide bonds. The normalized spacial score (nSPS) is 13.7. The molecule has 5 rings (SSSR count). The molecule has 2 heterocycles. The van der Waals surface area contributed by atoms with Crippen molar-refractivity contribution in [3.8, 4) is 0 Å². The van der Waals surface area contributed by atoms with E-state index in [0.29, 0.717) is 38.4 Å². The summed E-state index contributed by atoms with van der Waals surface area (Å²) in [7, 11) is 0. The van der Waals surface area contributed by atoms with Crippen molar-refractivity contribution in [1.29, 1.82) is 0 Å². The minimum Gasteiger partial charge on any atom is -0.353 e. The maximum Gasteiger partial charge on any atom is 0.234 e. The number of rotatable bonds is 6. The lowest BCUT2D eigenvalue weighted by atomic mass is 9.90. The molecule has 1 fully saturated rings. The molecular formula is C31H31FN4O. The van der Waals surface area contributed by atoms with E-state index in [2.05, 4.69) is 9.88 Å². The van der Waals surface area contributed by atoms with Gasteiger partial charge in [0.15, 0.2) is 0 Å². The van der Waals surface area contributed by atoms with Crippen LogP contribution in [0.4, 0.5) is 10.2 Å². The zero-order valence-corrected chi connectivity index (χ0v) is 21.3. The number of carbonyl (C=O) groups excluding carboxylic acids is 1. The summed E-state index contributed by atoms with van der Waals surface area (Å²) >= 11 is 0. The van der Waals surface area contributed by atoms with E-state index in [4.69, 9.17) is 4.98 Å². The van der Waals surface area contributed by atoms with Crippen molar-refractivity contribution in [3.63, 3.8) is 0 Å². The Morgan fingerprint density at radius 3 is 2.05 bits per heavy atom. The highest BCUT2D eigenvalue weighted by Gasteiger charge is 2.31. The van der Waals surface area contributed by atoms with Crippen LogP contribution in [0.25, 0.3) is 0 Å². The maximum atomic E-state index is 13.8. The fourth-order valence-corrected chi connectivity index (χ4v) is 5.13. The lowest BCUT2D eigenvalue weighted by molar-refractivity contribution is -0.132. The topological polar surface area (TPSA) is 49.3 Å². The van der Waals surface area contributed by atoms with Crippen LogP contribution in [-0.2, 0) is 11.2 Å². The Morgan fingerprint density at radius 1 is 0.838 bits per heavy atom. The number of aromatic nitrogens is 2. The lowest BCUT2D eigenvalue weighted by Crippen LogP contribution is -2.50. The molecule has 0 bridgehead atoms. The summed E-state index contributed by atoms with van der Waals surface area (Å²) in [4.78, 5) is 27.4. The van der Waals surface area contributed by atoms with Crippen molar-refractivity contribution in [1.82, 2.24) is 14.9 Å². The molecule has 1 aromatic heterocycles. The highest BCUT2D eigenvalue weighted by Crippen LogP contribution is 2.29. The minimum atomic E-state index is -0.332. The fourth-order valence-electron chi connectivity index (χ4n) is 5.13. The average molecular weight is 495 g/mol. The van der Waals surface area contributed by atoms with Crippen LogP contribution in [0.5, 0.6) is 0 Å². The zero-order valence-electron chi connectivity index (χ0n) is 21.3. The number of benzene rings is 3. The number of aryl methyl sites for hydroxylation is 2. The monoisotopic (exact) mass is 494 g/mol. The second-order valence-corrected chi connectivity index (χ2v) is 9.53. The predicted molar refractivity (Wildman–Crippen MR) is 144 cm³/mol. The Kier molecular flexibility index (Phi) is 7.26. The van der Waals surface area contributed by atoms with Crippen LogP contribution in [-0.4, -0.2) is 47.0 Å². The Hall–Kier alpha value is -4.06. The van der Waals surface area contributed by atoms with Gasteiger partial charge in [0.2, 0.25) is 5.91 Å². The number of amides is 1. The molecule has 4 aromatic rings. The van der Waals surface area contributed by atoms with Crippen LogP contribution >= 0.6 is 0 Å². The van der Waals surface area contributed by atoms with Gasteiger partial charge >= 0.3 is 0 Å². The lowest BCUT2D eigenvalue weighted by Gasteiger charge is -2.38. The van der Waals surface area contributed by atoms with E-state index >= 15 is 0 Å². The van der Waals surface area contributed by atoms with E-state index < -0.39 is 0 Å². The van der Waals surface area contributed by atoms with E-state index in [-0.39, 0.29) is 17.6 Å². The third-order valence-corrected chi connectivity index (χ3v) is 6.98. The van der Waals surface area contributed by atoms with E-state index in [0.717, 1.165) is 33.8 Å². The van der Waals surface area contributed by atoms with Gasteiger partial charge in [-0.3, -0.25) is 4.79 Å². The Labute approximate surface area is 217 Å². The van der Waals surface area contributed by atoms with Crippen molar-refractivity contribution < 1.29 is 9.18 Å². The number of carbonyl (C=O) groups is 1. The molecule has 0 unspecified atom stereocenters. The molecule has 5 nitrogen and oxygen atoms in total. The first-order valence-corrected chi connectivity index (χ1v) is 12.7. The van der Waals surface area contributed by atoms with Gasteiger partial charge in [-0.15, -0.1) is 0 Å². The smallest absolute Gasteiger partial charge is 0.234 e. The van der Waals surface area contributed by atoms with E-state index in [1.54, 1.807) is 12.1 Å². The average Bonchev–Trinajstić information content (AvgIpc) is 2.91. The largest absolute Gasteiger partial charge is 0.353 e. The van der Waals surface area contributed by atoms with Gasteiger partial charge in [0.05, 0.1) is 5.92 Å². The predicted octanol–water partition coefficient (Wildman–Crippen LogP) is 5.30. The van der Waals surface area contributed by atoms with Crippen LogP contribution in [0.2, 0.25) is 0 Å². The van der Waals surface area contributed by atoms with Gasteiger partial charge in [0.1, 0.15) is 17.5 Å². The van der Waals surface area contributed by atoms with Gasteiger partial charge in [-0.2, -0.15) is 0 Å². The number of halogens is 1. The third-order valence-electron chi connectivity index (χ3n) is 6.98. The first-order chi connectivity index (χ1) is 18.0. The van der Waals surface area contributed by atoms with Crippen molar-refractivity contribution in [3.05, 3.63) is 125 Å². The van der Waals surface area contributed by atoms with E-state index in [1.807, 2.05) is 85.5 Å². The molecule has 0 saturated carbocycles. The zero-order chi connectivity index (χ0) is 25.8. The van der Waals surface area contributed by atoms with Crippen LogP contribution in [0.15, 0.2) is 84.9 Å². The summed E-state index contributed by atoms with van der Waals surface area (Å²) in [6, 6.07) is 26.7. The summed E-state index contributed by atoms with van der Waals surface area (Å²) in [6.07, 6.45) is 0.558. The Morgan fingerprint density at radius 2 is 1.46 bits per heavy atom. The third kappa shape index (κ3) is 5.53. The van der Waals surface area contributed by atoms with Crippen LogP contribution in [0.3, 0.4) is 0 Å². The van der Waals surface area contributed by atoms with Crippen molar-refractivity contribution in [2.75, 3.05) is 31.1 Å². The summed E-state index contributed by atoms with van der Waals surface area (Å²) in [5.74, 6) is 1.13. The van der Waals surface area contributed by atoms with Gasteiger partial charge in [-0.25, -0.2) is 14.4 Å². The molecule has 1 aliphatic heterocycles. The molecule has 1 aliphatic rings. The summed E-state index contributed by atoms with van der Waals surface area (Å²) in [5.41, 5.74) is 4.79. The number of piperazine rings is 1. The van der Waals surface area contributed by atoms with Gasteiger partial charge in [-0.05, 0) is 42.7 Å². The number of hydrogen-bond donors (Lipinski definition) is 0. The molecule has 1 saturated heterocycles. The highest BCUT2D eigenvalue weighted by atomic mass is 19.1. The molecule has 6 heteroatoms. The molecular weight excluding hydrogens is 463 g/mol. The fraction of sp³-hybridized carbons (Fsp3) is 0.258. The summed E-state index contributed by atoms with van der Waals surface area (Å²) in [6.45, 7) is 6.44. The van der Waals surface area contributed by atoms with Crippen LogP contribution < -0.4 is 4.90 Å². The maximum absolute atomic E-state index is 13.8. The molecule has 0 aliphatic carbocycles.